The highest BCUT2D eigenvalue weighted by molar-refractivity contribution is 7.90. The highest BCUT2D eigenvalue weighted by Gasteiger charge is 2.20. The summed E-state index contributed by atoms with van der Waals surface area (Å²) in [6.45, 7) is 1.28. The molecular weight excluding hydrogens is 338 g/mol. The Balaban J connectivity index is 1.76. The average molecular weight is 359 g/mol. The van der Waals surface area contributed by atoms with E-state index in [4.69, 9.17) is 4.74 Å². The third kappa shape index (κ3) is 3.85. The number of nitrogens with zero attached hydrogens (tertiary/aromatic N) is 1. The van der Waals surface area contributed by atoms with Gasteiger partial charge in [0.1, 0.15) is 5.75 Å². The minimum Gasteiger partial charge on any atom is -0.497 e. The van der Waals surface area contributed by atoms with Crippen molar-refractivity contribution in [3.05, 3.63) is 59.2 Å². The molecule has 0 unspecified atom stereocenters. The second-order valence-corrected chi connectivity index (χ2v) is 8.24. The number of hydrogen-bond donors (Lipinski definition) is 0. The lowest BCUT2D eigenvalue weighted by Crippen LogP contribution is -2.33. The van der Waals surface area contributed by atoms with E-state index < -0.39 is 9.84 Å². The van der Waals surface area contributed by atoms with Gasteiger partial charge < -0.3 is 9.64 Å². The van der Waals surface area contributed by atoms with Crippen molar-refractivity contribution in [2.75, 3.05) is 26.5 Å². The summed E-state index contributed by atoms with van der Waals surface area (Å²) in [6, 6.07) is 12.2. The lowest BCUT2D eigenvalue weighted by molar-refractivity contribution is 0.0763. The number of hydrogen-bond acceptors (Lipinski definition) is 4. The van der Waals surface area contributed by atoms with Gasteiger partial charge in [0.15, 0.2) is 9.84 Å². The summed E-state index contributed by atoms with van der Waals surface area (Å²) < 4.78 is 28.3. The fourth-order valence-electron chi connectivity index (χ4n) is 3.06. The van der Waals surface area contributed by atoms with Gasteiger partial charge in [0.2, 0.25) is 0 Å². The predicted octanol–water partition coefficient (Wildman–Crippen LogP) is 2.34. The number of fused-ring (bicyclic) bond motifs is 1. The molecule has 0 atom stereocenters. The van der Waals surface area contributed by atoms with Crippen LogP contribution in [0.15, 0.2) is 47.4 Å². The van der Waals surface area contributed by atoms with Crippen LogP contribution in [0.5, 0.6) is 5.75 Å². The number of carbonyl (C=O) groups is 1. The molecule has 0 aromatic heterocycles. The molecule has 0 radical (unpaired) electrons. The van der Waals surface area contributed by atoms with E-state index in [0.29, 0.717) is 18.7 Å². The largest absolute Gasteiger partial charge is 0.497 e. The second-order valence-electron chi connectivity index (χ2n) is 6.22. The minimum absolute atomic E-state index is 0.0696. The van der Waals surface area contributed by atoms with Crippen LogP contribution in [-0.4, -0.2) is 45.7 Å². The maximum Gasteiger partial charge on any atom is 0.253 e. The zero-order valence-electron chi connectivity index (χ0n) is 14.4. The Kier molecular flexibility index (Phi) is 4.81. The van der Waals surface area contributed by atoms with E-state index in [1.807, 2.05) is 17.0 Å². The Morgan fingerprint density at radius 3 is 2.24 bits per heavy atom. The van der Waals surface area contributed by atoms with Crippen molar-refractivity contribution in [2.24, 2.45) is 0 Å². The molecule has 0 saturated heterocycles. The van der Waals surface area contributed by atoms with Crippen LogP contribution in [-0.2, 0) is 22.7 Å². The van der Waals surface area contributed by atoms with Crippen molar-refractivity contribution in [1.29, 1.82) is 0 Å². The molecule has 3 rings (SSSR count). The Labute approximate surface area is 148 Å². The molecule has 0 aliphatic carbocycles. The van der Waals surface area contributed by atoms with Crippen LogP contribution in [0.3, 0.4) is 0 Å². The topological polar surface area (TPSA) is 63.7 Å². The van der Waals surface area contributed by atoms with Gasteiger partial charge in [0.25, 0.3) is 5.91 Å². The number of ether oxygens (including phenoxy) is 1. The van der Waals surface area contributed by atoms with Crippen LogP contribution in [0.4, 0.5) is 0 Å². The predicted molar refractivity (Wildman–Crippen MR) is 95.9 cm³/mol. The van der Waals surface area contributed by atoms with E-state index in [1.54, 1.807) is 19.2 Å². The summed E-state index contributed by atoms with van der Waals surface area (Å²) in [5, 5.41) is 0. The standard InChI is InChI=1S/C19H21NO4S/c1-24-17-6-3-14-9-11-20(12-10-16(14)13-17)19(21)15-4-7-18(8-5-15)25(2,22)23/h3-8,13H,9-12H2,1-2H3. The third-order valence-corrected chi connectivity index (χ3v) is 5.66. The molecule has 0 bridgehead atoms. The average Bonchev–Trinajstić information content (AvgIpc) is 2.82. The van der Waals surface area contributed by atoms with E-state index in [0.717, 1.165) is 24.8 Å². The van der Waals surface area contributed by atoms with Crippen molar-refractivity contribution in [2.45, 2.75) is 17.7 Å². The Bertz CT molecular complexity index is 888. The van der Waals surface area contributed by atoms with E-state index >= 15 is 0 Å². The first kappa shape index (κ1) is 17.5. The first-order valence-corrected chi connectivity index (χ1v) is 10.0. The van der Waals surface area contributed by atoms with Crippen molar-refractivity contribution in [3.63, 3.8) is 0 Å². The third-order valence-electron chi connectivity index (χ3n) is 4.53. The summed E-state index contributed by atoms with van der Waals surface area (Å²) in [4.78, 5) is 14.8. The fourth-order valence-corrected chi connectivity index (χ4v) is 3.69. The van der Waals surface area contributed by atoms with Crippen LogP contribution < -0.4 is 4.74 Å². The molecule has 0 saturated carbocycles. The first-order valence-electron chi connectivity index (χ1n) is 8.13. The SMILES string of the molecule is COc1ccc2c(c1)CCN(C(=O)c1ccc(S(C)(=O)=O)cc1)CC2. The molecule has 132 valence electrons. The van der Waals surface area contributed by atoms with Crippen LogP contribution in [0.1, 0.15) is 21.5 Å². The molecule has 0 spiro atoms. The summed E-state index contributed by atoms with van der Waals surface area (Å²) >= 11 is 0. The Morgan fingerprint density at radius 2 is 1.64 bits per heavy atom. The molecule has 2 aromatic carbocycles. The van der Waals surface area contributed by atoms with Gasteiger partial charge in [0, 0.05) is 24.9 Å². The highest BCUT2D eigenvalue weighted by atomic mass is 32.2. The number of methoxy groups -OCH3 is 1. The molecule has 1 heterocycles. The molecule has 0 N–H and O–H groups in total. The van der Waals surface area contributed by atoms with E-state index in [-0.39, 0.29) is 10.8 Å². The number of benzene rings is 2. The first-order chi connectivity index (χ1) is 11.9. The van der Waals surface area contributed by atoms with Crippen LogP contribution >= 0.6 is 0 Å². The van der Waals surface area contributed by atoms with Crippen molar-refractivity contribution in [1.82, 2.24) is 4.90 Å². The van der Waals surface area contributed by atoms with Gasteiger partial charge in [-0.25, -0.2) is 8.42 Å². The second kappa shape index (κ2) is 6.88. The fraction of sp³-hybridized carbons (Fsp3) is 0.316. The van der Waals surface area contributed by atoms with Gasteiger partial charge in [-0.15, -0.1) is 0 Å². The maximum absolute atomic E-state index is 12.7. The Hall–Kier alpha value is -2.34. The number of sulfone groups is 1. The maximum atomic E-state index is 12.7. The monoisotopic (exact) mass is 359 g/mol. The lowest BCUT2D eigenvalue weighted by atomic mass is 10.0. The highest BCUT2D eigenvalue weighted by Crippen LogP contribution is 2.22. The summed E-state index contributed by atoms with van der Waals surface area (Å²) in [6.07, 6.45) is 2.73. The van der Waals surface area contributed by atoms with E-state index in [2.05, 4.69) is 6.07 Å². The summed E-state index contributed by atoms with van der Waals surface area (Å²) in [5.41, 5.74) is 2.96. The van der Waals surface area contributed by atoms with Crippen LogP contribution in [0.25, 0.3) is 0 Å². The van der Waals surface area contributed by atoms with Crippen LogP contribution in [0.2, 0.25) is 0 Å². The lowest BCUT2D eigenvalue weighted by Gasteiger charge is -2.20. The molecule has 2 aromatic rings. The quantitative estimate of drug-likeness (QED) is 0.844. The van der Waals surface area contributed by atoms with Crippen molar-refractivity contribution >= 4 is 15.7 Å². The van der Waals surface area contributed by atoms with E-state index in [9.17, 15) is 13.2 Å². The molecule has 1 amide bonds. The normalized spacial score (nSPS) is 14.6. The van der Waals surface area contributed by atoms with Gasteiger partial charge in [-0.2, -0.15) is 0 Å². The molecule has 0 fully saturated rings. The summed E-state index contributed by atoms with van der Waals surface area (Å²) in [7, 11) is -1.61. The number of carbonyl (C=O) groups excluding carboxylic acids is 1. The zero-order valence-corrected chi connectivity index (χ0v) is 15.2. The molecular formula is C19H21NO4S. The van der Waals surface area contributed by atoms with Crippen molar-refractivity contribution in [3.8, 4) is 5.75 Å². The van der Waals surface area contributed by atoms with Gasteiger partial charge >= 0.3 is 0 Å². The van der Waals surface area contributed by atoms with Gasteiger partial charge in [-0.1, -0.05) is 6.07 Å². The summed E-state index contributed by atoms with van der Waals surface area (Å²) in [5.74, 6) is 0.759. The van der Waals surface area contributed by atoms with Gasteiger partial charge in [-0.05, 0) is 60.4 Å². The molecule has 5 nitrogen and oxygen atoms in total. The van der Waals surface area contributed by atoms with Gasteiger partial charge in [0.05, 0.1) is 12.0 Å². The van der Waals surface area contributed by atoms with Crippen molar-refractivity contribution < 1.29 is 17.9 Å². The molecule has 1 aliphatic rings. The zero-order chi connectivity index (χ0) is 18.0. The van der Waals surface area contributed by atoms with Gasteiger partial charge in [-0.3, -0.25) is 4.79 Å². The molecule has 6 heteroatoms. The molecule has 1 aliphatic heterocycles. The minimum atomic E-state index is -3.26. The van der Waals surface area contributed by atoms with E-state index in [1.165, 1.54) is 23.3 Å². The smallest absolute Gasteiger partial charge is 0.253 e. The molecule has 25 heavy (non-hydrogen) atoms. The number of rotatable bonds is 3. The number of amides is 1. The van der Waals surface area contributed by atoms with Crippen LogP contribution in [0, 0.1) is 0 Å². The Morgan fingerprint density at radius 1 is 1.00 bits per heavy atom.